The molecule has 5 nitrogen and oxygen atoms in total. The molecule has 27 heavy (non-hydrogen) atoms. The van der Waals surface area contributed by atoms with E-state index in [-0.39, 0.29) is 5.91 Å². The quantitative estimate of drug-likeness (QED) is 0.629. The zero-order valence-corrected chi connectivity index (χ0v) is 16.2. The molecule has 0 fully saturated rings. The number of rotatable bonds is 8. The number of aryl methyl sites for hydroxylation is 1. The van der Waals surface area contributed by atoms with Gasteiger partial charge in [-0.3, -0.25) is 9.78 Å². The third-order valence-corrected chi connectivity index (χ3v) is 5.05. The van der Waals surface area contributed by atoms with E-state index >= 15 is 0 Å². The maximum atomic E-state index is 12.5. The number of nitrogens with one attached hydrogen (secondary N) is 1. The molecule has 2 heterocycles. The van der Waals surface area contributed by atoms with Crippen molar-refractivity contribution in [3.8, 4) is 11.5 Å². The molecule has 0 radical (unpaired) electrons. The second-order valence-electron chi connectivity index (χ2n) is 5.95. The van der Waals surface area contributed by atoms with Crippen LogP contribution in [0.4, 0.5) is 0 Å². The molecule has 6 heteroatoms. The van der Waals surface area contributed by atoms with Gasteiger partial charge in [0, 0.05) is 22.8 Å². The Labute approximate surface area is 163 Å². The van der Waals surface area contributed by atoms with Crippen LogP contribution in [-0.2, 0) is 13.2 Å². The Hall–Kier alpha value is -2.86. The fourth-order valence-electron chi connectivity index (χ4n) is 2.52. The minimum absolute atomic E-state index is 0.135. The first kappa shape index (κ1) is 18.9. The number of hydrogen-bond acceptors (Lipinski definition) is 5. The molecule has 0 atom stereocenters. The number of carbonyl (C=O) groups excluding carboxylic acids is 1. The Morgan fingerprint density at radius 1 is 1.11 bits per heavy atom. The topological polar surface area (TPSA) is 60.5 Å². The van der Waals surface area contributed by atoms with Crippen LogP contribution in [0.25, 0.3) is 0 Å². The van der Waals surface area contributed by atoms with Crippen LogP contribution in [0.5, 0.6) is 11.5 Å². The lowest BCUT2D eigenvalue weighted by Crippen LogP contribution is -2.22. The van der Waals surface area contributed by atoms with E-state index in [1.165, 1.54) is 5.56 Å². The van der Waals surface area contributed by atoms with Gasteiger partial charge < -0.3 is 14.8 Å². The molecule has 1 amide bonds. The van der Waals surface area contributed by atoms with Gasteiger partial charge in [0.2, 0.25) is 0 Å². The monoisotopic (exact) mass is 382 g/mol. The number of amides is 1. The minimum Gasteiger partial charge on any atom is -0.490 e. The number of aromatic nitrogens is 1. The summed E-state index contributed by atoms with van der Waals surface area (Å²) in [6, 6.07) is 11.1. The second kappa shape index (κ2) is 9.19. The number of nitrogens with zero attached hydrogens (tertiary/aromatic N) is 1. The molecule has 0 saturated carbocycles. The minimum atomic E-state index is -0.135. The Balaban J connectivity index is 1.68. The van der Waals surface area contributed by atoms with Gasteiger partial charge in [-0.1, -0.05) is 0 Å². The number of thiophene rings is 1. The highest BCUT2D eigenvalue weighted by atomic mass is 32.1. The summed E-state index contributed by atoms with van der Waals surface area (Å²) in [5.41, 5.74) is 2.75. The number of pyridine rings is 1. The highest BCUT2D eigenvalue weighted by Crippen LogP contribution is 2.29. The van der Waals surface area contributed by atoms with Gasteiger partial charge in [-0.25, -0.2) is 0 Å². The van der Waals surface area contributed by atoms with E-state index in [2.05, 4.69) is 10.3 Å². The molecule has 3 rings (SSSR count). The molecular formula is C21H22N2O3S. The van der Waals surface area contributed by atoms with Crippen LogP contribution in [0.1, 0.15) is 33.3 Å². The van der Waals surface area contributed by atoms with Gasteiger partial charge in [0.15, 0.2) is 11.5 Å². The van der Waals surface area contributed by atoms with Gasteiger partial charge >= 0.3 is 0 Å². The maximum Gasteiger partial charge on any atom is 0.251 e. The van der Waals surface area contributed by atoms with Crippen molar-refractivity contribution in [1.29, 1.82) is 0 Å². The van der Waals surface area contributed by atoms with E-state index < -0.39 is 0 Å². The van der Waals surface area contributed by atoms with E-state index in [0.717, 1.165) is 10.4 Å². The summed E-state index contributed by atoms with van der Waals surface area (Å²) in [6.07, 6.45) is 3.45. The summed E-state index contributed by atoms with van der Waals surface area (Å²) in [4.78, 5) is 17.6. The van der Waals surface area contributed by atoms with Gasteiger partial charge in [0.1, 0.15) is 6.61 Å². The summed E-state index contributed by atoms with van der Waals surface area (Å²) in [5, 5.41) is 4.98. The zero-order chi connectivity index (χ0) is 19.1. The number of ether oxygens (including phenoxy) is 2. The summed E-state index contributed by atoms with van der Waals surface area (Å²) in [7, 11) is 0. The molecule has 3 aromatic rings. The SMILES string of the molecule is CCOc1cc(C(=O)NCc2sccc2C)ccc1OCc1ccncc1. The molecule has 0 bridgehead atoms. The van der Waals surface area contributed by atoms with E-state index in [9.17, 15) is 4.79 Å². The average molecular weight is 382 g/mol. The molecule has 1 N–H and O–H groups in total. The summed E-state index contributed by atoms with van der Waals surface area (Å²) in [5.74, 6) is 1.04. The second-order valence-corrected chi connectivity index (χ2v) is 6.95. The normalized spacial score (nSPS) is 10.4. The number of benzene rings is 1. The molecular weight excluding hydrogens is 360 g/mol. The lowest BCUT2D eigenvalue weighted by molar-refractivity contribution is 0.0950. The molecule has 2 aromatic heterocycles. The molecule has 0 aliphatic heterocycles. The predicted octanol–water partition coefficient (Wildman–Crippen LogP) is 4.36. The van der Waals surface area contributed by atoms with Gasteiger partial charge in [-0.05, 0) is 66.8 Å². The summed E-state index contributed by atoms with van der Waals surface area (Å²) in [6.45, 7) is 5.36. The Kier molecular flexibility index (Phi) is 6.44. The lowest BCUT2D eigenvalue weighted by atomic mass is 10.2. The van der Waals surface area contributed by atoms with Gasteiger partial charge in [0.05, 0.1) is 13.2 Å². The third kappa shape index (κ3) is 5.08. The number of hydrogen-bond donors (Lipinski definition) is 1. The van der Waals surface area contributed by atoms with Crippen LogP contribution in [0.2, 0.25) is 0 Å². The third-order valence-electron chi connectivity index (χ3n) is 4.03. The Morgan fingerprint density at radius 2 is 1.93 bits per heavy atom. The fourth-order valence-corrected chi connectivity index (χ4v) is 3.37. The zero-order valence-electron chi connectivity index (χ0n) is 15.4. The maximum absolute atomic E-state index is 12.5. The highest BCUT2D eigenvalue weighted by molar-refractivity contribution is 7.10. The van der Waals surface area contributed by atoms with Crippen molar-refractivity contribution in [3.63, 3.8) is 0 Å². The molecule has 1 aromatic carbocycles. The van der Waals surface area contributed by atoms with Crippen LogP contribution >= 0.6 is 11.3 Å². The van der Waals surface area contributed by atoms with Crippen LogP contribution in [0.3, 0.4) is 0 Å². The predicted molar refractivity (Wildman–Crippen MR) is 106 cm³/mol. The molecule has 140 valence electrons. The van der Waals surface area contributed by atoms with E-state index in [0.29, 0.717) is 36.8 Å². The molecule has 0 aliphatic rings. The molecule has 0 spiro atoms. The van der Waals surface area contributed by atoms with Crippen molar-refractivity contribution >= 4 is 17.2 Å². The first-order chi connectivity index (χ1) is 13.2. The van der Waals surface area contributed by atoms with Crippen LogP contribution in [0.15, 0.2) is 54.2 Å². The summed E-state index contributed by atoms with van der Waals surface area (Å²) >= 11 is 1.64. The van der Waals surface area contributed by atoms with Crippen molar-refractivity contribution in [2.75, 3.05) is 6.61 Å². The highest BCUT2D eigenvalue weighted by Gasteiger charge is 2.12. The van der Waals surface area contributed by atoms with E-state index in [4.69, 9.17) is 9.47 Å². The van der Waals surface area contributed by atoms with Crippen molar-refractivity contribution in [1.82, 2.24) is 10.3 Å². The molecule has 0 unspecified atom stereocenters. The van der Waals surface area contributed by atoms with Crippen molar-refractivity contribution < 1.29 is 14.3 Å². The van der Waals surface area contributed by atoms with Crippen molar-refractivity contribution in [2.45, 2.75) is 27.0 Å². The van der Waals surface area contributed by atoms with E-state index in [1.54, 1.807) is 41.9 Å². The van der Waals surface area contributed by atoms with E-state index in [1.807, 2.05) is 37.4 Å². The smallest absolute Gasteiger partial charge is 0.251 e. The lowest BCUT2D eigenvalue weighted by Gasteiger charge is -2.13. The van der Waals surface area contributed by atoms with Crippen LogP contribution in [-0.4, -0.2) is 17.5 Å². The Bertz CT molecular complexity index is 893. The largest absolute Gasteiger partial charge is 0.490 e. The standard InChI is InChI=1S/C21H22N2O3S/c1-3-25-19-12-17(21(24)23-13-20-15(2)8-11-27-20)4-5-18(19)26-14-16-6-9-22-10-7-16/h4-12H,3,13-14H2,1-2H3,(H,23,24). The first-order valence-electron chi connectivity index (χ1n) is 8.77. The number of carbonyl (C=O) groups is 1. The van der Waals surface area contributed by atoms with Gasteiger partial charge in [0.25, 0.3) is 5.91 Å². The molecule has 0 saturated heterocycles. The Morgan fingerprint density at radius 3 is 2.63 bits per heavy atom. The molecule has 0 aliphatic carbocycles. The summed E-state index contributed by atoms with van der Waals surface area (Å²) < 4.78 is 11.5. The fraction of sp³-hybridized carbons (Fsp3) is 0.238. The van der Waals surface area contributed by atoms with Gasteiger partial charge in [-0.2, -0.15) is 0 Å². The van der Waals surface area contributed by atoms with Crippen molar-refractivity contribution in [3.05, 3.63) is 75.7 Å². The van der Waals surface area contributed by atoms with Gasteiger partial charge in [-0.15, -0.1) is 11.3 Å². The first-order valence-corrected chi connectivity index (χ1v) is 9.65. The van der Waals surface area contributed by atoms with Crippen molar-refractivity contribution in [2.24, 2.45) is 0 Å². The van der Waals surface area contributed by atoms with Crippen LogP contribution in [0, 0.1) is 6.92 Å². The average Bonchev–Trinajstić information content (AvgIpc) is 3.11. The van der Waals surface area contributed by atoms with Crippen LogP contribution < -0.4 is 14.8 Å².